The van der Waals surface area contributed by atoms with Crippen LogP contribution < -0.4 is 10.1 Å². The Bertz CT molecular complexity index is 1160. The van der Waals surface area contributed by atoms with Crippen molar-refractivity contribution in [1.29, 1.82) is 0 Å². The maximum absolute atomic E-state index is 13.0. The van der Waals surface area contributed by atoms with E-state index < -0.39 is 35.8 Å². The highest BCUT2D eigenvalue weighted by atomic mass is 16.5. The van der Waals surface area contributed by atoms with Crippen molar-refractivity contribution in [3.05, 3.63) is 29.3 Å². The fraction of sp³-hybridized carbons (Fsp3) is 0.577. The van der Waals surface area contributed by atoms with Crippen molar-refractivity contribution in [2.45, 2.75) is 65.0 Å². The van der Waals surface area contributed by atoms with Gasteiger partial charge in [0.05, 0.1) is 17.7 Å². The topological polar surface area (TPSA) is 133 Å². The molecule has 4 aliphatic rings. The number of ether oxygens (including phenoxy) is 1. The zero-order chi connectivity index (χ0) is 26.0. The van der Waals surface area contributed by atoms with Crippen LogP contribution in [0.25, 0.3) is 0 Å². The van der Waals surface area contributed by atoms with Gasteiger partial charge < -0.3 is 14.7 Å². The number of imide groups is 2. The molecule has 1 saturated carbocycles. The maximum atomic E-state index is 13.0. The largest absolute Gasteiger partial charge is 0.494 e. The number of piperidine rings is 1. The van der Waals surface area contributed by atoms with Gasteiger partial charge in [-0.05, 0) is 55.2 Å². The number of carboxylic acid groups (broad SMARTS) is 1. The van der Waals surface area contributed by atoms with Crippen LogP contribution in [-0.4, -0.2) is 69.9 Å². The Morgan fingerprint density at radius 1 is 1.14 bits per heavy atom. The smallest absolute Gasteiger partial charge is 0.407 e. The first-order valence-corrected chi connectivity index (χ1v) is 12.4. The predicted octanol–water partition coefficient (Wildman–Crippen LogP) is 2.66. The molecular weight excluding hydrogens is 466 g/mol. The minimum Gasteiger partial charge on any atom is -0.494 e. The van der Waals surface area contributed by atoms with E-state index in [1.54, 1.807) is 11.0 Å². The van der Waals surface area contributed by atoms with Crippen molar-refractivity contribution < 1.29 is 33.8 Å². The number of carbonyl (C=O) groups is 5. The molecule has 1 aromatic carbocycles. The van der Waals surface area contributed by atoms with E-state index in [4.69, 9.17) is 4.74 Å². The molecule has 2 saturated heterocycles. The number of fused-ring (bicyclic) bond motifs is 1. The molecule has 0 bridgehead atoms. The number of amides is 5. The second kappa shape index (κ2) is 8.31. The van der Waals surface area contributed by atoms with E-state index in [-0.39, 0.29) is 40.8 Å². The summed E-state index contributed by atoms with van der Waals surface area (Å²) in [4.78, 5) is 63.5. The van der Waals surface area contributed by atoms with Crippen molar-refractivity contribution >= 4 is 29.7 Å². The zero-order valence-electron chi connectivity index (χ0n) is 20.7. The molecule has 2 unspecified atom stereocenters. The minimum absolute atomic E-state index is 0.0206. The van der Waals surface area contributed by atoms with Gasteiger partial charge in [-0.1, -0.05) is 20.8 Å². The summed E-state index contributed by atoms with van der Waals surface area (Å²) in [5.41, 5.74) is 0.357. The SMILES string of the molecule is CC(C)(C)C1N(C(=O)O)CC12CC(CCOc1ccc3c(c1)C(=O)N(C1CCC(=O)NC1=O)C3=O)C2. The van der Waals surface area contributed by atoms with E-state index in [0.717, 1.165) is 24.2 Å². The molecule has 36 heavy (non-hydrogen) atoms. The number of nitrogens with one attached hydrogen (secondary N) is 1. The lowest BCUT2D eigenvalue weighted by Gasteiger charge is -2.67. The second-order valence-electron chi connectivity index (χ2n) is 11.6. The van der Waals surface area contributed by atoms with Crippen molar-refractivity contribution in [1.82, 2.24) is 15.1 Å². The van der Waals surface area contributed by atoms with Gasteiger partial charge in [-0.15, -0.1) is 0 Å². The zero-order valence-corrected chi connectivity index (χ0v) is 20.7. The third-order valence-corrected chi connectivity index (χ3v) is 8.04. The van der Waals surface area contributed by atoms with E-state index in [2.05, 4.69) is 26.1 Å². The van der Waals surface area contributed by atoms with Gasteiger partial charge in [-0.3, -0.25) is 29.4 Å². The van der Waals surface area contributed by atoms with Crippen molar-refractivity contribution in [2.75, 3.05) is 13.2 Å². The molecule has 10 nitrogen and oxygen atoms in total. The number of carbonyl (C=O) groups excluding carboxylic acids is 4. The van der Waals surface area contributed by atoms with E-state index in [0.29, 0.717) is 24.8 Å². The molecule has 2 atom stereocenters. The van der Waals surface area contributed by atoms with Crippen LogP contribution in [0.4, 0.5) is 4.79 Å². The average molecular weight is 498 g/mol. The number of rotatable bonds is 5. The lowest BCUT2D eigenvalue weighted by atomic mass is 9.48. The first-order valence-electron chi connectivity index (χ1n) is 12.4. The summed E-state index contributed by atoms with van der Waals surface area (Å²) < 4.78 is 5.90. The number of hydrogen-bond donors (Lipinski definition) is 2. The lowest BCUT2D eigenvalue weighted by Crippen LogP contribution is -2.74. The van der Waals surface area contributed by atoms with Gasteiger partial charge in [-0.25, -0.2) is 4.79 Å². The maximum Gasteiger partial charge on any atom is 0.407 e. The molecule has 3 aliphatic heterocycles. The Labute approximate surface area is 208 Å². The summed E-state index contributed by atoms with van der Waals surface area (Å²) in [6.07, 6.45) is 2.10. The van der Waals surface area contributed by atoms with Crippen molar-refractivity contribution in [2.24, 2.45) is 16.7 Å². The minimum atomic E-state index is -0.995. The molecule has 5 rings (SSSR count). The Balaban J connectivity index is 1.17. The molecule has 10 heteroatoms. The normalized spacial score (nSPS) is 29.6. The van der Waals surface area contributed by atoms with E-state index in [1.807, 2.05) is 0 Å². The number of benzene rings is 1. The molecule has 192 valence electrons. The van der Waals surface area contributed by atoms with Gasteiger partial charge in [0.25, 0.3) is 11.8 Å². The highest BCUT2D eigenvalue weighted by Crippen LogP contribution is 2.61. The highest BCUT2D eigenvalue weighted by molar-refractivity contribution is 6.23. The van der Waals surface area contributed by atoms with Crippen LogP contribution in [0, 0.1) is 16.7 Å². The summed E-state index contributed by atoms with van der Waals surface area (Å²) in [5, 5.41) is 11.7. The molecule has 5 amide bonds. The van der Waals surface area contributed by atoms with E-state index >= 15 is 0 Å². The van der Waals surface area contributed by atoms with Crippen LogP contribution >= 0.6 is 0 Å². The summed E-state index contributed by atoms with van der Waals surface area (Å²) in [5.74, 6) is -1.22. The molecule has 0 radical (unpaired) electrons. The van der Waals surface area contributed by atoms with Crippen LogP contribution in [0.1, 0.15) is 73.6 Å². The summed E-state index contributed by atoms with van der Waals surface area (Å²) in [7, 11) is 0. The molecule has 1 spiro atoms. The first kappa shape index (κ1) is 24.3. The van der Waals surface area contributed by atoms with E-state index in [9.17, 15) is 29.1 Å². The summed E-state index contributed by atoms with van der Waals surface area (Å²) in [6, 6.07) is 3.75. The van der Waals surface area contributed by atoms with Crippen LogP contribution in [-0.2, 0) is 9.59 Å². The highest BCUT2D eigenvalue weighted by Gasteiger charge is 2.63. The Kier molecular flexibility index (Phi) is 5.61. The van der Waals surface area contributed by atoms with Gasteiger partial charge in [0.15, 0.2) is 0 Å². The van der Waals surface area contributed by atoms with Crippen LogP contribution in [0.3, 0.4) is 0 Å². The molecule has 3 heterocycles. The van der Waals surface area contributed by atoms with Crippen LogP contribution in [0.5, 0.6) is 5.75 Å². The van der Waals surface area contributed by atoms with Gasteiger partial charge in [-0.2, -0.15) is 0 Å². The molecule has 1 aromatic rings. The average Bonchev–Trinajstić information content (AvgIpc) is 2.97. The molecule has 0 aromatic heterocycles. The van der Waals surface area contributed by atoms with Crippen molar-refractivity contribution in [3.63, 3.8) is 0 Å². The standard InChI is InChI=1S/C26H31N3O7/c1-25(2,3)23-26(13-28(23)24(34)35)11-14(12-26)8-9-36-15-4-5-16-17(10-15)22(33)29(21(16)32)18-6-7-19(30)27-20(18)31/h4-5,10,14,18,23H,6-9,11-13H2,1-3H3,(H,34,35)(H,27,30,31). The Morgan fingerprint density at radius 3 is 2.47 bits per heavy atom. The lowest BCUT2D eigenvalue weighted by molar-refractivity contribution is -0.174. The number of nitrogens with zero attached hydrogens (tertiary/aromatic N) is 2. The Morgan fingerprint density at radius 2 is 1.83 bits per heavy atom. The predicted molar refractivity (Wildman–Crippen MR) is 126 cm³/mol. The Hall–Kier alpha value is -3.43. The van der Waals surface area contributed by atoms with Gasteiger partial charge in [0, 0.05) is 24.4 Å². The molecule has 2 N–H and O–H groups in total. The van der Waals surface area contributed by atoms with Gasteiger partial charge in [0.2, 0.25) is 11.8 Å². The van der Waals surface area contributed by atoms with Crippen LogP contribution in [0.15, 0.2) is 18.2 Å². The first-order chi connectivity index (χ1) is 16.9. The quantitative estimate of drug-likeness (QED) is 0.598. The summed E-state index contributed by atoms with van der Waals surface area (Å²) >= 11 is 0. The molecule has 1 aliphatic carbocycles. The van der Waals surface area contributed by atoms with Crippen molar-refractivity contribution in [3.8, 4) is 5.75 Å². The molecule has 3 fully saturated rings. The third kappa shape index (κ3) is 3.83. The van der Waals surface area contributed by atoms with Gasteiger partial charge >= 0.3 is 6.09 Å². The molecular formula is C26H31N3O7. The second-order valence-corrected chi connectivity index (χ2v) is 11.6. The fourth-order valence-electron chi connectivity index (χ4n) is 6.83. The number of hydrogen-bond acceptors (Lipinski definition) is 6. The monoisotopic (exact) mass is 497 g/mol. The van der Waals surface area contributed by atoms with Crippen LogP contribution in [0.2, 0.25) is 0 Å². The third-order valence-electron chi connectivity index (χ3n) is 8.04. The van der Waals surface area contributed by atoms with Gasteiger partial charge in [0.1, 0.15) is 11.8 Å². The fourth-order valence-corrected chi connectivity index (χ4v) is 6.83. The van der Waals surface area contributed by atoms with E-state index in [1.165, 1.54) is 12.1 Å². The summed E-state index contributed by atoms with van der Waals surface area (Å²) in [6.45, 7) is 7.30. The number of likely N-dealkylation sites (tertiary alicyclic amines) is 1.